The van der Waals surface area contributed by atoms with E-state index in [1.807, 2.05) is 56.4 Å². The lowest BCUT2D eigenvalue weighted by Gasteiger charge is -2.11. The van der Waals surface area contributed by atoms with E-state index < -0.39 is 6.10 Å². The molecule has 0 aliphatic rings. The molecule has 3 rings (SSSR count). The van der Waals surface area contributed by atoms with Gasteiger partial charge in [0.05, 0.1) is 35.8 Å². The molecule has 6 nitrogen and oxygen atoms in total. The molecule has 0 saturated carbocycles. The van der Waals surface area contributed by atoms with Crippen molar-refractivity contribution < 1.29 is 9.90 Å². The summed E-state index contributed by atoms with van der Waals surface area (Å²) < 4.78 is 1.74. The van der Waals surface area contributed by atoms with E-state index in [2.05, 4.69) is 15.4 Å². The van der Waals surface area contributed by atoms with Gasteiger partial charge in [0, 0.05) is 24.7 Å². The molecule has 3 aromatic rings. The smallest absolute Gasteiger partial charge is 0.255 e. The molecule has 0 radical (unpaired) electrons. The van der Waals surface area contributed by atoms with Gasteiger partial charge in [-0.2, -0.15) is 5.10 Å². The van der Waals surface area contributed by atoms with Crippen molar-refractivity contribution in [3.63, 3.8) is 0 Å². The van der Waals surface area contributed by atoms with Gasteiger partial charge in [0.25, 0.3) is 5.91 Å². The highest BCUT2D eigenvalue weighted by atomic mass is 16.3. The lowest BCUT2D eigenvalue weighted by molar-refractivity contribution is 0.0949. The molecule has 140 valence electrons. The Hall–Kier alpha value is -2.99. The topological polar surface area (TPSA) is 80.0 Å². The number of carbonyl (C=O) groups excluding carboxylic acids is 1. The van der Waals surface area contributed by atoms with E-state index in [9.17, 15) is 9.90 Å². The van der Waals surface area contributed by atoms with Crippen LogP contribution in [0.25, 0.3) is 0 Å². The number of aliphatic hydroxyl groups is 1. The third-order valence-corrected chi connectivity index (χ3v) is 4.59. The van der Waals surface area contributed by atoms with Crippen molar-refractivity contribution in [1.29, 1.82) is 0 Å². The molecule has 0 bridgehead atoms. The first-order chi connectivity index (χ1) is 13.0. The van der Waals surface area contributed by atoms with Crippen LogP contribution in [-0.2, 0) is 20.0 Å². The molecule has 0 saturated heterocycles. The second-order valence-corrected chi connectivity index (χ2v) is 6.63. The summed E-state index contributed by atoms with van der Waals surface area (Å²) in [6.07, 6.45) is 1.68. The first-order valence-electron chi connectivity index (χ1n) is 8.93. The van der Waals surface area contributed by atoms with E-state index in [-0.39, 0.29) is 5.91 Å². The van der Waals surface area contributed by atoms with Crippen LogP contribution in [0.5, 0.6) is 0 Å². The van der Waals surface area contributed by atoms with Gasteiger partial charge in [0.2, 0.25) is 0 Å². The number of nitrogens with one attached hydrogen (secondary N) is 1. The predicted octanol–water partition coefficient (Wildman–Crippen LogP) is 2.70. The maximum absolute atomic E-state index is 12.7. The quantitative estimate of drug-likeness (QED) is 0.705. The second-order valence-electron chi connectivity index (χ2n) is 6.63. The summed E-state index contributed by atoms with van der Waals surface area (Å²) in [5.74, 6) is -0.173. The molecule has 0 aliphatic heterocycles. The zero-order valence-corrected chi connectivity index (χ0v) is 15.8. The third-order valence-electron chi connectivity index (χ3n) is 4.59. The van der Waals surface area contributed by atoms with Gasteiger partial charge in [-0.15, -0.1) is 0 Å². The molecule has 2 N–H and O–H groups in total. The summed E-state index contributed by atoms with van der Waals surface area (Å²) >= 11 is 0. The molecule has 1 unspecified atom stereocenters. The lowest BCUT2D eigenvalue weighted by atomic mass is 10.1. The van der Waals surface area contributed by atoms with Crippen molar-refractivity contribution in [2.45, 2.75) is 32.9 Å². The first-order valence-corrected chi connectivity index (χ1v) is 8.93. The van der Waals surface area contributed by atoms with E-state index in [4.69, 9.17) is 0 Å². The molecule has 0 spiro atoms. The van der Waals surface area contributed by atoms with Crippen LogP contribution in [0, 0.1) is 6.92 Å². The van der Waals surface area contributed by atoms with Crippen LogP contribution in [0.1, 0.15) is 51.6 Å². The molecule has 1 amide bonds. The number of benzene rings is 1. The SMILES string of the molecule is Cc1nc(CNC(=O)c2cnn(C)c2Cc2ccccc2)ccc1C(C)O. The van der Waals surface area contributed by atoms with E-state index in [1.165, 1.54) is 0 Å². The van der Waals surface area contributed by atoms with Crippen molar-refractivity contribution in [2.75, 3.05) is 0 Å². The van der Waals surface area contributed by atoms with E-state index in [0.717, 1.165) is 28.2 Å². The van der Waals surface area contributed by atoms with Gasteiger partial charge in [-0.3, -0.25) is 14.5 Å². The number of hydrogen-bond acceptors (Lipinski definition) is 4. The van der Waals surface area contributed by atoms with Crippen molar-refractivity contribution in [3.05, 3.63) is 82.4 Å². The number of aryl methyl sites for hydroxylation is 2. The van der Waals surface area contributed by atoms with E-state index >= 15 is 0 Å². The van der Waals surface area contributed by atoms with Gasteiger partial charge < -0.3 is 10.4 Å². The van der Waals surface area contributed by atoms with Gasteiger partial charge in [0.15, 0.2) is 0 Å². The Morgan fingerprint density at radius 2 is 1.96 bits per heavy atom. The number of rotatable bonds is 6. The van der Waals surface area contributed by atoms with Crippen LogP contribution in [0.3, 0.4) is 0 Å². The Labute approximate surface area is 158 Å². The summed E-state index contributed by atoms with van der Waals surface area (Å²) in [5, 5.41) is 16.9. The maximum atomic E-state index is 12.7. The number of hydrogen-bond donors (Lipinski definition) is 2. The van der Waals surface area contributed by atoms with Crippen LogP contribution >= 0.6 is 0 Å². The first kappa shape index (κ1) is 18.8. The average molecular weight is 364 g/mol. The van der Waals surface area contributed by atoms with Crippen molar-refractivity contribution >= 4 is 5.91 Å². The monoisotopic (exact) mass is 364 g/mol. The standard InChI is InChI=1S/C21H24N4O2/c1-14-18(15(2)26)10-9-17(24-14)12-22-21(27)19-13-23-25(3)20(19)11-16-7-5-4-6-8-16/h4-10,13,15,26H,11-12H2,1-3H3,(H,22,27). The largest absolute Gasteiger partial charge is 0.389 e. The summed E-state index contributed by atoms with van der Waals surface area (Å²) in [7, 11) is 1.84. The number of amides is 1. The van der Waals surface area contributed by atoms with Crippen LogP contribution in [-0.4, -0.2) is 25.8 Å². The highest BCUT2D eigenvalue weighted by molar-refractivity contribution is 5.95. The average Bonchev–Trinajstić information content (AvgIpc) is 3.01. The summed E-state index contributed by atoms with van der Waals surface area (Å²) in [6, 6.07) is 13.7. The van der Waals surface area contributed by atoms with Crippen LogP contribution < -0.4 is 5.32 Å². The molecular weight excluding hydrogens is 340 g/mol. The number of pyridine rings is 1. The zero-order chi connectivity index (χ0) is 19.4. The van der Waals surface area contributed by atoms with Gasteiger partial charge in [-0.1, -0.05) is 36.4 Å². The number of aromatic nitrogens is 3. The van der Waals surface area contributed by atoms with E-state index in [0.29, 0.717) is 18.5 Å². The number of aliphatic hydroxyl groups excluding tert-OH is 1. The van der Waals surface area contributed by atoms with Crippen molar-refractivity contribution in [2.24, 2.45) is 7.05 Å². The maximum Gasteiger partial charge on any atom is 0.255 e. The summed E-state index contributed by atoms with van der Waals surface area (Å²) in [5.41, 5.74) is 4.87. The minimum Gasteiger partial charge on any atom is -0.389 e. The van der Waals surface area contributed by atoms with Crippen LogP contribution in [0.4, 0.5) is 0 Å². The normalized spacial score (nSPS) is 12.0. The highest BCUT2D eigenvalue weighted by Gasteiger charge is 2.16. The molecule has 1 atom stereocenters. The molecule has 2 aromatic heterocycles. The fraction of sp³-hybridized carbons (Fsp3) is 0.286. The Morgan fingerprint density at radius 3 is 2.63 bits per heavy atom. The molecule has 0 fully saturated rings. The molecule has 0 aliphatic carbocycles. The number of carbonyl (C=O) groups is 1. The fourth-order valence-corrected chi connectivity index (χ4v) is 3.08. The Balaban J connectivity index is 1.71. The predicted molar refractivity (Wildman–Crippen MR) is 103 cm³/mol. The Bertz CT molecular complexity index is 933. The lowest BCUT2D eigenvalue weighted by Crippen LogP contribution is -2.24. The Morgan fingerprint density at radius 1 is 1.22 bits per heavy atom. The second kappa shape index (κ2) is 8.14. The molecular formula is C21H24N4O2. The highest BCUT2D eigenvalue weighted by Crippen LogP contribution is 2.16. The summed E-state index contributed by atoms with van der Waals surface area (Å²) in [6.45, 7) is 3.88. The van der Waals surface area contributed by atoms with Crippen LogP contribution in [0.2, 0.25) is 0 Å². The van der Waals surface area contributed by atoms with Gasteiger partial charge in [0.1, 0.15) is 0 Å². The molecule has 27 heavy (non-hydrogen) atoms. The van der Waals surface area contributed by atoms with Gasteiger partial charge >= 0.3 is 0 Å². The van der Waals surface area contributed by atoms with Crippen LogP contribution in [0.15, 0.2) is 48.7 Å². The Kier molecular flexibility index (Phi) is 5.66. The minimum absolute atomic E-state index is 0.173. The molecule has 6 heteroatoms. The van der Waals surface area contributed by atoms with Gasteiger partial charge in [-0.05, 0) is 25.5 Å². The van der Waals surface area contributed by atoms with E-state index in [1.54, 1.807) is 17.8 Å². The van der Waals surface area contributed by atoms with Gasteiger partial charge in [-0.25, -0.2) is 0 Å². The minimum atomic E-state index is -0.558. The zero-order valence-electron chi connectivity index (χ0n) is 15.8. The van der Waals surface area contributed by atoms with Crippen molar-refractivity contribution in [3.8, 4) is 0 Å². The van der Waals surface area contributed by atoms with Crippen molar-refractivity contribution in [1.82, 2.24) is 20.1 Å². The third kappa shape index (κ3) is 4.41. The fourth-order valence-electron chi connectivity index (χ4n) is 3.08. The molecule has 1 aromatic carbocycles. The number of nitrogens with zero attached hydrogens (tertiary/aromatic N) is 3. The summed E-state index contributed by atoms with van der Waals surface area (Å²) in [4.78, 5) is 17.1. The molecule has 2 heterocycles.